The van der Waals surface area contributed by atoms with Crippen LogP contribution in [0.25, 0.3) is 0 Å². The van der Waals surface area contributed by atoms with E-state index in [1.165, 1.54) is 0 Å². The molecule has 1 aromatic carbocycles. The minimum Gasteiger partial charge on any atom is -0.399 e. The average Bonchev–Trinajstić information content (AvgIpc) is 2.74. The van der Waals surface area contributed by atoms with E-state index < -0.39 is 0 Å². The number of amides is 1. The number of aromatic nitrogens is 2. The fourth-order valence-corrected chi connectivity index (χ4v) is 1.96. The predicted octanol–water partition coefficient (Wildman–Crippen LogP) is 2.83. The number of carbonyl (C=O) groups excluding carboxylic acids is 1. The molecule has 20 heavy (non-hydrogen) atoms. The van der Waals surface area contributed by atoms with Gasteiger partial charge in [0.1, 0.15) is 0 Å². The van der Waals surface area contributed by atoms with Crippen molar-refractivity contribution in [2.45, 2.75) is 27.2 Å². The highest BCUT2D eigenvalue weighted by molar-refractivity contribution is 6.04. The van der Waals surface area contributed by atoms with Gasteiger partial charge in [0.05, 0.1) is 0 Å². The van der Waals surface area contributed by atoms with Gasteiger partial charge >= 0.3 is 0 Å². The van der Waals surface area contributed by atoms with Crippen molar-refractivity contribution in [3.05, 3.63) is 41.6 Å². The van der Waals surface area contributed by atoms with Crippen molar-refractivity contribution >= 4 is 17.4 Å². The van der Waals surface area contributed by atoms with Gasteiger partial charge < -0.3 is 11.1 Å². The van der Waals surface area contributed by atoms with E-state index >= 15 is 0 Å². The summed E-state index contributed by atoms with van der Waals surface area (Å²) in [6.07, 6.45) is 0.869. The number of nitrogen functional groups attached to an aromatic ring is 1. The van der Waals surface area contributed by atoms with Crippen LogP contribution in [0.1, 0.15) is 36.8 Å². The number of nitrogens with zero attached hydrogens (tertiary/aromatic N) is 1. The number of aromatic amines is 1. The number of nitrogens with two attached hydrogens (primary N) is 1. The zero-order chi connectivity index (χ0) is 14.8. The molecule has 0 saturated heterocycles. The summed E-state index contributed by atoms with van der Waals surface area (Å²) in [4.78, 5) is 12.0. The lowest BCUT2D eigenvalue weighted by atomic mass is 9.91. The number of rotatable bonds is 3. The Hall–Kier alpha value is -2.30. The van der Waals surface area contributed by atoms with Crippen LogP contribution in [-0.2, 0) is 6.42 Å². The van der Waals surface area contributed by atoms with Gasteiger partial charge in [0.2, 0.25) is 0 Å². The Kier molecular flexibility index (Phi) is 3.79. The van der Waals surface area contributed by atoms with E-state index in [-0.39, 0.29) is 11.3 Å². The Morgan fingerprint density at radius 1 is 1.35 bits per heavy atom. The highest BCUT2D eigenvalue weighted by Crippen LogP contribution is 2.20. The van der Waals surface area contributed by atoms with Gasteiger partial charge in [0, 0.05) is 23.0 Å². The van der Waals surface area contributed by atoms with Crippen LogP contribution >= 0.6 is 0 Å². The average molecular weight is 272 g/mol. The lowest BCUT2D eigenvalue weighted by Gasteiger charge is -2.15. The van der Waals surface area contributed by atoms with Crippen LogP contribution in [0, 0.1) is 5.41 Å². The Morgan fingerprint density at radius 2 is 2.10 bits per heavy atom. The van der Waals surface area contributed by atoms with Crippen LogP contribution in [0.4, 0.5) is 11.5 Å². The van der Waals surface area contributed by atoms with Crippen LogP contribution in [0.3, 0.4) is 0 Å². The Labute approximate surface area is 118 Å². The summed E-state index contributed by atoms with van der Waals surface area (Å²) in [7, 11) is 0. The first kappa shape index (κ1) is 14.1. The van der Waals surface area contributed by atoms with Gasteiger partial charge in [-0.3, -0.25) is 9.89 Å². The van der Waals surface area contributed by atoms with Crippen LogP contribution < -0.4 is 11.1 Å². The summed E-state index contributed by atoms with van der Waals surface area (Å²) in [5.74, 6) is 0.308. The maximum Gasteiger partial charge on any atom is 0.256 e. The van der Waals surface area contributed by atoms with E-state index in [2.05, 4.69) is 36.3 Å². The fraction of sp³-hybridized carbons (Fsp3) is 0.333. The first-order valence-electron chi connectivity index (χ1n) is 6.55. The van der Waals surface area contributed by atoms with E-state index in [0.29, 0.717) is 17.1 Å². The lowest BCUT2D eigenvalue weighted by molar-refractivity contribution is 0.102. The molecule has 2 aromatic rings. The highest BCUT2D eigenvalue weighted by atomic mass is 16.1. The number of nitrogens with one attached hydrogen (secondary N) is 2. The molecule has 0 saturated carbocycles. The molecule has 5 heteroatoms. The van der Waals surface area contributed by atoms with E-state index in [1.54, 1.807) is 24.3 Å². The van der Waals surface area contributed by atoms with Gasteiger partial charge in [-0.2, -0.15) is 5.10 Å². The van der Waals surface area contributed by atoms with E-state index in [1.807, 2.05) is 6.07 Å². The molecule has 0 fully saturated rings. The highest BCUT2D eigenvalue weighted by Gasteiger charge is 2.14. The number of H-pyrrole nitrogens is 1. The molecule has 2 rings (SSSR count). The molecule has 0 aliphatic heterocycles. The summed E-state index contributed by atoms with van der Waals surface area (Å²) in [5, 5.41) is 9.80. The van der Waals surface area contributed by atoms with Crippen molar-refractivity contribution in [1.82, 2.24) is 10.2 Å². The molecular weight excluding hydrogens is 252 g/mol. The van der Waals surface area contributed by atoms with Crippen molar-refractivity contribution in [3.8, 4) is 0 Å². The van der Waals surface area contributed by atoms with Crippen molar-refractivity contribution in [2.75, 3.05) is 11.1 Å². The second-order valence-corrected chi connectivity index (χ2v) is 6.10. The summed E-state index contributed by atoms with van der Waals surface area (Å²) in [6.45, 7) is 6.45. The zero-order valence-corrected chi connectivity index (χ0v) is 12.0. The maximum atomic E-state index is 12.0. The van der Waals surface area contributed by atoms with Gasteiger partial charge in [0.25, 0.3) is 5.91 Å². The normalized spacial score (nSPS) is 11.3. The number of hydrogen-bond acceptors (Lipinski definition) is 3. The van der Waals surface area contributed by atoms with E-state index in [4.69, 9.17) is 5.73 Å². The molecule has 0 radical (unpaired) electrons. The van der Waals surface area contributed by atoms with Crippen molar-refractivity contribution in [3.63, 3.8) is 0 Å². The first-order valence-corrected chi connectivity index (χ1v) is 6.55. The molecule has 106 valence electrons. The number of carbonyl (C=O) groups is 1. The summed E-state index contributed by atoms with van der Waals surface area (Å²) in [6, 6.07) is 8.70. The summed E-state index contributed by atoms with van der Waals surface area (Å²) in [5.41, 5.74) is 7.91. The molecule has 1 amide bonds. The smallest absolute Gasteiger partial charge is 0.256 e. The van der Waals surface area contributed by atoms with Crippen LogP contribution in [0.5, 0.6) is 0 Å². The fourth-order valence-electron chi connectivity index (χ4n) is 1.96. The summed E-state index contributed by atoms with van der Waals surface area (Å²) >= 11 is 0. The lowest BCUT2D eigenvalue weighted by Crippen LogP contribution is -2.12. The monoisotopic (exact) mass is 272 g/mol. The molecule has 1 aromatic heterocycles. The van der Waals surface area contributed by atoms with Crippen LogP contribution in [0.2, 0.25) is 0 Å². The topological polar surface area (TPSA) is 83.8 Å². The quantitative estimate of drug-likeness (QED) is 0.751. The Bertz CT molecular complexity index is 610. The van der Waals surface area contributed by atoms with E-state index in [0.717, 1.165) is 12.1 Å². The minimum atomic E-state index is -0.217. The third kappa shape index (κ3) is 3.85. The molecule has 0 atom stereocenters. The molecule has 0 spiro atoms. The zero-order valence-electron chi connectivity index (χ0n) is 12.0. The molecule has 4 N–H and O–H groups in total. The number of hydrogen-bond donors (Lipinski definition) is 3. The van der Waals surface area contributed by atoms with Crippen LogP contribution in [0.15, 0.2) is 30.3 Å². The molecule has 0 aliphatic rings. The largest absolute Gasteiger partial charge is 0.399 e. The predicted molar refractivity (Wildman–Crippen MR) is 80.6 cm³/mol. The second kappa shape index (κ2) is 5.36. The van der Waals surface area contributed by atoms with Gasteiger partial charge in [-0.05, 0) is 30.0 Å². The van der Waals surface area contributed by atoms with Crippen LogP contribution in [-0.4, -0.2) is 16.1 Å². The molecular formula is C15H20N4O. The molecule has 0 aliphatic carbocycles. The molecule has 5 nitrogen and oxygen atoms in total. The Morgan fingerprint density at radius 3 is 2.75 bits per heavy atom. The third-order valence-electron chi connectivity index (χ3n) is 2.74. The SMILES string of the molecule is CC(C)(C)Cc1cc(NC(=O)c2cccc(N)c2)n[nH]1. The number of benzene rings is 1. The van der Waals surface area contributed by atoms with E-state index in [9.17, 15) is 4.79 Å². The van der Waals surface area contributed by atoms with Gasteiger partial charge in [-0.25, -0.2) is 0 Å². The third-order valence-corrected chi connectivity index (χ3v) is 2.74. The second-order valence-electron chi connectivity index (χ2n) is 6.10. The van der Waals surface area contributed by atoms with Crippen molar-refractivity contribution < 1.29 is 4.79 Å². The minimum absolute atomic E-state index is 0.168. The first-order chi connectivity index (χ1) is 9.33. The summed E-state index contributed by atoms with van der Waals surface area (Å²) < 4.78 is 0. The number of anilines is 2. The maximum absolute atomic E-state index is 12.0. The van der Waals surface area contributed by atoms with Crippen molar-refractivity contribution in [1.29, 1.82) is 0 Å². The standard InChI is InChI=1S/C15H20N4O/c1-15(2,3)9-12-8-13(19-18-12)17-14(20)10-5-4-6-11(16)7-10/h4-8H,9,16H2,1-3H3,(H2,17,18,19,20). The van der Waals surface area contributed by atoms with Gasteiger partial charge in [-0.1, -0.05) is 26.8 Å². The van der Waals surface area contributed by atoms with Crippen molar-refractivity contribution in [2.24, 2.45) is 5.41 Å². The molecule has 0 bridgehead atoms. The Balaban J connectivity index is 2.05. The molecule has 1 heterocycles. The van der Waals surface area contributed by atoms with Gasteiger partial charge in [0.15, 0.2) is 5.82 Å². The van der Waals surface area contributed by atoms with Gasteiger partial charge in [-0.15, -0.1) is 0 Å². The molecule has 0 unspecified atom stereocenters.